The van der Waals surface area contributed by atoms with Crippen molar-refractivity contribution in [3.05, 3.63) is 22.9 Å². The van der Waals surface area contributed by atoms with Crippen molar-refractivity contribution < 1.29 is 4.79 Å². The monoisotopic (exact) mass is 214 g/mol. The van der Waals surface area contributed by atoms with Crippen molar-refractivity contribution in [2.45, 2.75) is 20.0 Å². The van der Waals surface area contributed by atoms with Crippen LogP contribution in [0.4, 0.5) is 0 Å². The van der Waals surface area contributed by atoms with Gasteiger partial charge in [0.05, 0.1) is 5.03 Å². The second-order valence-corrected chi connectivity index (χ2v) is 4.02. The summed E-state index contributed by atoms with van der Waals surface area (Å²) >= 11 is 6.16. The van der Waals surface area contributed by atoms with E-state index in [1.807, 2.05) is 32.0 Å². The van der Waals surface area contributed by atoms with E-state index in [4.69, 9.17) is 11.6 Å². The SMILES string of the molecule is CC(=O)N1C=CC(C)=C(Cl)C1N(C)C. The van der Waals surface area contributed by atoms with Gasteiger partial charge in [0.15, 0.2) is 0 Å². The average molecular weight is 215 g/mol. The van der Waals surface area contributed by atoms with E-state index in [9.17, 15) is 4.79 Å². The van der Waals surface area contributed by atoms with Crippen molar-refractivity contribution in [1.29, 1.82) is 0 Å². The highest BCUT2D eigenvalue weighted by Gasteiger charge is 2.27. The van der Waals surface area contributed by atoms with Crippen LogP contribution in [0.2, 0.25) is 0 Å². The summed E-state index contributed by atoms with van der Waals surface area (Å²) in [4.78, 5) is 14.9. The molecule has 4 heteroatoms. The lowest BCUT2D eigenvalue weighted by atomic mass is 10.1. The van der Waals surface area contributed by atoms with Gasteiger partial charge in [-0.3, -0.25) is 14.6 Å². The van der Waals surface area contributed by atoms with E-state index in [0.29, 0.717) is 5.03 Å². The Morgan fingerprint density at radius 3 is 2.57 bits per heavy atom. The van der Waals surface area contributed by atoms with Gasteiger partial charge in [0.1, 0.15) is 6.17 Å². The van der Waals surface area contributed by atoms with Crippen LogP contribution in [0.25, 0.3) is 0 Å². The number of amides is 1. The largest absolute Gasteiger partial charge is 0.298 e. The van der Waals surface area contributed by atoms with Crippen LogP contribution in [0.3, 0.4) is 0 Å². The fourth-order valence-electron chi connectivity index (χ4n) is 1.43. The molecule has 0 saturated heterocycles. The molecule has 14 heavy (non-hydrogen) atoms. The molecule has 1 atom stereocenters. The van der Waals surface area contributed by atoms with E-state index in [-0.39, 0.29) is 12.1 Å². The number of allylic oxidation sites excluding steroid dienone is 2. The molecule has 1 aliphatic heterocycles. The van der Waals surface area contributed by atoms with Crippen molar-refractivity contribution in [2.24, 2.45) is 0 Å². The topological polar surface area (TPSA) is 23.6 Å². The third-order valence-corrected chi connectivity index (χ3v) is 2.70. The Bertz CT molecular complexity index is 307. The van der Waals surface area contributed by atoms with Crippen LogP contribution >= 0.6 is 11.6 Å². The van der Waals surface area contributed by atoms with E-state index >= 15 is 0 Å². The Kier molecular flexibility index (Phi) is 3.34. The number of nitrogens with zero attached hydrogens (tertiary/aromatic N) is 2. The number of halogens is 1. The lowest BCUT2D eigenvalue weighted by molar-refractivity contribution is -0.129. The van der Waals surface area contributed by atoms with E-state index in [2.05, 4.69) is 0 Å². The first-order chi connectivity index (χ1) is 6.45. The minimum atomic E-state index is -0.167. The molecule has 0 bridgehead atoms. The van der Waals surface area contributed by atoms with Gasteiger partial charge in [0.25, 0.3) is 0 Å². The fraction of sp³-hybridized carbons (Fsp3) is 0.500. The number of carbonyl (C=O) groups is 1. The van der Waals surface area contributed by atoms with Crippen LogP contribution in [-0.2, 0) is 4.79 Å². The molecule has 0 N–H and O–H groups in total. The molecule has 0 aromatic heterocycles. The molecule has 3 nitrogen and oxygen atoms in total. The van der Waals surface area contributed by atoms with E-state index in [1.54, 1.807) is 11.1 Å². The fourth-order valence-corrected chi connectivity index (χ4v) is 1.79. The minimum absolute atomic E-state index is 0.00870. The van der Waals surface area contributed by atoms with Crippen LogP contribution in [0.1, 0.15) is 13.8 Å². The average Bonchev–Trinajstić information content (AvgIpc) is 2.08. The molecule has 1 rings (SSSR count). The molecule has 0 fully saturated rings. The standard InChI is InChI=1S/C10H15ClN2O/c1-7-5-6-13(8(2)14)10(9(7)11)12(3)4/h5-6,10H,1-4H3. The first kappa shape index (κ1) is 11.3. The Balaban J connectivity index is 3.04. The number of hydrogen-bond acceptors (Lipinski definition) is 2. The molecule has 1 amide bonds. The van der Waals surface area contributed by atoms with Gasteiger partial charge in [-0.15, -0.1) is 0 Å². The highest BCUT2D eigenvalue weighted by Crippen LogP contribution is 2.26. The quantitative estimate of drug-likeness (QED) is 0.664. The summed E-state index contributed by atoms with van der Waals surface area (Å²) in [6.45, 7) is 3.47. The van der Waals surface area contributed by atoms with Gasteiger partial charge in [0.2, 0.25) is 5.91 Å². The Morgan fingerprint density at radius 2 is 2.14 bits per heavy atom. The molecule has 0 aliphatic carbocycles. The van der Waals surface area contributed by atoms with Crippen LogP contribution in [0.15, 0.2) is 22.9 Å². The molecular formula is C10H15ClN2O. The maximum Gasteiger partial charge on any atom is 0.225 e. The van der Waals surface area contributed by atoms with Crippen LogP contribution in [0, 0.1) is 0 Å². The van der Waals surface area contributed by atoms with E-state index < -0.39 is 0 Å². The van der Waals surface area contributed by atoms with E-state index in [1.165, 1.54) is 6.92 Å². The number of hydrogen-bond donors (Lipinski definition) is 0. The summed E-state index contributed by atoms with van der Waals surface area (Å²) < 4.78 is 0. The predicted molar refractivity (Wildman–Crippen MR) is 57.7 cm³/mol. The van der Waals surface area contributed by atoms with Crippen molar-refractivity contribution in [3.63, 3.8) is 0 Å². The van der Waals surface area contributed by atoms with Gasteiger partial charge in [-0.2, -0.15) is 0 Å². The number of likely N-dealkylation sites (N-methyl/N-ethyl adjacent to an activating group) is 1. The Morgan fingerprint density at radius 1 is 1.57 bits per heavy atom. The smallest absolute Gasteiger partial charge is 0.225 e. The van der Waals surface area contributed by atoms with Gasteiger partial charge in [0, 0.05) is 13.1 Å². The molecule has 0 aromatic carbocycles. The zero-order valence-electron chi connectivity index (χ0n) is 8.91. The number of carbonyl (C=O) groups excluding carboxylic acids is 1. The Labute approximate surface area is 89.6 Å². The molecule has 78 valence electrons. The van der Waals surface area contributed by atoms with Crippen molar-refractivity contribution in [2.75, 3.05) is 14.1 Å². The summed E-state index contributed by atoms with van der Waals surface area (Å²) in [6.07, 6.45) is 3.46. The van der Waals surface area contributed by atoms with Crippen molar-refractivity contribution in [3.8, 4) is 0 Å². The van der Waals surface area contributed by atoms with Crippen LogP contribution in [-0.4, -0.2) is 36.0 Å². The maximum absolute atomic E-state index is 11.3. The molecule has 0 spiro atoms. The zero-order chi connectivity index (χ0) is 10.9. The lowest BCUT2D eigenvalue weighted by Crippen LogP contribution is -2.46. The van der Waals surface area contributed by atoms with Crippen molar-refractivity contribution in [1.82, 2.24) is 9.80 Å². The van der Waals surface area contributed by atoms with Gasteiger partial charge in [-0.25, -0.2) is 0 Å². The second kappa shape index (κ2) is 4.15. The van der Waals surface area contributed by atoms with Crippen LogP contribution < -0.4 is 0 Å². The van der Waals surface area contributed by atoms with Crippen molar-refractivity contribution >= 4 is 17.5 Å². The molecule has 0 radical (unpaired) electrons. The van der Waals surface area contributed by atoms with Gasteiger partial charge < -0.3 is 0 Å². The second-order valence-electron chi connectivity index (χ2n) is 3.61. The summed E-state index contributed by atoms with van der Waals surface area (Å²) in [7, 11) is 3.80. The number of rotatable bonds is 1. The highest BCUT2D eigenvalue weighted by molar-refractivity contribution is 6.31. The lowest BCUT2D eigenvalue weighted by Gasteiger charge is -2.35. The first-order valence-corrected chi connectivity index (χ1v) is 4.82. The van der Waals surface area contributed by atoms with Gasteiger partial charge in [-0.1, -0.05) is 11.6 Å². The first-order valence-electron chi connectivity index (χ1n) is 4.45. The summed E-state index contributed by atoms with van der Waals surface area (Å²) in [5.41, 5.74) is 1.00. The molecule has 0 saturated carbocycles. The van der Waals surface area contributed by atoms with Crippen LogP contribution in [0.5, 0.6) is 0 Å². The third kappa shape index (κ3) is 1.99. The molecule has 1 aliphatic rings. The molecule has 1 heterocycles. The maximum atomic E-state index is 11.3. The molecule has 1 unspecified atom stereocenters. The zero-order valence-corrected chi connectivity index (χ0v) is 9.67. The summed E-state index contributed by atoms with van der Waals surface area (Å²) in [5.74, 6) is -0.00870. The summed E-state index contributed by atoms with van der Waals surface area (Å²) in [5, 5.41) is 0.702. The van der Waals surface area contributed by atoms with Gasteiger partial charge in [-0.05, 0) is 32.7 Å². The van der Waals surface area contributed by atoms with Gasteiger partial charge >= 0.3 is 0 Å². The Hall–Kier alpha value is -0.800. The minimum Gasteiger partial charge on any atom is -0.298 e. The predicted octanol–water partition coefficient (Wildman–Crippen LogP) is 1.76. The normalized spacial score (nSPS) is 22.1. The highest BCUT2D eigenvalue weighted by atomic mass is 35.5. The molecular weight excluding hydrogens is 200 g/mol. The third-order valence-electron chi connectivity index (χ3n) is 2.20. The van der Waals surface area contributed by atoms with E-state index in [0.717, 1.165) is 5.57 Å². The summed E-state index contributed by atoms with van der Waals surface area (Å²) in [6, 6.07) is 0. The molecule has 0 aromatic rings.